The molecular weight excluding hydrogens is 238 g/mol. The molecule has 0 aliphatic carbocycles. The van der Waals surface area contributed by atoms with Gasteiger partial charge in [-0.3, -0.25) is 5.10 Å². The van der Waals surface area contributed by atoms with E-state index in [0.717, 1.165) is 23.7 Å². The lowest BCUT2D eigenvalue weighted by molar-refractivity contribution is 0.923. The number of benzene rings is 1. The predicted molar refractivity (Wildman–Crippen MR) is 71.0 cm³/mol. The molecule has 1 aromatic carbocycles. The summed E-state index contributed by atoms with van der Waals surface area (Å²) < 4.78 is 0.690. The Labute approximate surface area is 104 Å². The fourth-order valence-electron chi connectivity index (χ4n) is 1.53. The molecule has 0 spiro atoms. The molecule has 0 saturated carbocycles. The minimum absolute atomic E-state index is 0.690. The van der Waals surface area contributed by atoms with Gasteiger partial charge < -0.3 is 5.32 Å². The molecule has 1 aromatic heterocycles. The predicted octanol–water partition coefficient (Wildman–Crippen LogP) is 3.90. The van der Waals surface area contributed by atoms with Crippen molar-refractivity contribution in [1.29, 1.82) is 0 Å². The maximum absolute atomic E-state index is 4.99. The van der Waals surface area contributed by atoms with Crippen molar-refractivity contribution >= 4 is 34.4 Å². The van der Waals surface area contributed by atoms with Crippen LogP contribution in [-0.4, -0.2) is 10.2 Å². The Morgan fingerprint density at radius 2 is 2.25 bits per heavy atom. The van der Waals surface area contributed by atoms with E-state index in [1.54, 1.807) is 0 Å². The fraction of sp³-hybridized carbons (Fsp3) is 0.273. The van der Waals surface area contributed by atoms with Gasteiger partial charge >= 0.3 is 0 Å². The zero-order chi connectivity index (χ0) is 11.4. The first-order valence-electron chi connectivity index (χ1n) is 5.20. The number of nitrogens with zero attached hydrogens (tertiary/aromatic N) is 1. The van der Waals surface area contributed by atoms with E-state index in [9.17, 15) is 0 Å². The molecule has 0 unspecified atom stereocenters. The summed E-state index contributed by atoms with van der Waals surface area (Å²) in [6.07, 6.45) is 2.20. The van der Waals surface area contributed by atoms with E-state index in [1.165, 1.54) is 16.9 Å². The highest BCUT2D eigenvalue weighted by Crippen LogP contribution is 2.23. The van der Waals surface area contributed by atoms with Gasteiger partial charge in [-0.2, -0.15) is 0 Å². The van der Waals surface area contributed by atoms with E-state index in [1.807, 2.05) is 6.07 Å². The van der Waals surface area contributed by atoms with Crippen LogP contribution in [0.3, 0.4) is 0 Å². The van der Waals surface area contributed by atoms with Gasteiger partial charge in [-0.25, -0.2) is 0 Å². The molecule has 0 bridgehead atoms. The molecule has 2 rings (SSSR count). The highest BCUT2D eigenvalue weighted by atomic mass is 32.1. The molecule has 0 fully saturated rings. The lowest BCUT2D eigenvalue weighted by Gasteiger charge is -2.08. The minimum Gasteiger partial charge on any atom is -0.330 e. The molecule has 0 aliphatic rings. The van der Waals surface area contributed by atoms with Crippen LogP contribution < -0.4 is 5.32 Å². The third-order valence-electron chi connectivity index (χ3n) is 2.22. The normalized spacial score (nSPS) is 10.3. The largest absolute Gasteiger partial charge is 0.330 e. The van der Waals surface area contributed by atoms with Gasteiger partial charge in [-0.1, -0.05) is 42.9 Å². The number of hydrogen-bond donors (Lipinski definition) is 2. The van der Waals surface area contributed by atoms with Gasteiger partial charge in [-0.05, 0) is 30.3 Å². The standard InChI is InChI=1S/C11H13N3S2/c1-2-5-8-6-3-4-7-9(8)12-10-13-14-11(15)16-10/h3-4,6-7H,2,5H2,1H3,(H,12,13)(H,14,15). The van der Waals surface area contributed by atoms with Crippen LogP contribution in [0.5, 0.6) is 0 Å². The van der Waals surface area contributed by atoms with E-state index >= 15 is 0 Å². The Balaban J connectivity index is 2.23. The maximum Gasteiger partial charge on any atom is 0.208 e. The average Bonchev–Trinajstić information content (AvgIpc) is 2.67. The average molecular weight is 251 g/mol. The summed E-state index contributed by atoms with van der Waals surface area (Å²) in [6.45, 7) is 2.18. The van der Waals surface area contributed by atoms with Crippen LogP contribution >= 0.6 is 23.6 Å². The Hall–Kier alpha value is -1.20. The summed E-state index contributed by atoms with van der Waals surface area (Å²) in [5.41, 5.74) is 2.42. The topological polar surface area (TPSA) is 40.7 Å². The molecule has 2 aromatic rings. The zero-order valence-electron chi connectivity index (χ0n) is 8.99. The number of H-pyrrole nitrogens is 1. The summed E-state index contributed by atoms with van der Waals surface area (Å²) in [4.78, 5) is 0. The number of nitrogens with one attached hydrogen (secondary N) is 2. The van der Waals surface area contributed by atoms with Gasteiger partial charge in [0.05, 0.1) is 0 Å². The number of aryl methyl sites for hydroxylation is 1. The summed E-state index contributed by atoms with van der Waals surface area (Å²) in [5, 5.41) is 11.0. The Morgan fingerprint density at radius 3 is 2.94 bits per heavy atom. The second kappa shape index (κ2) is 5.23. The number of rotatable bonds is 4. The molecule has 0 atom stereocenters. The van der Waals surface area contributed by atoms with Gasteiger partial charge in [-0.15, -0.1) is 5.10 Å². The van der Waals surface area contributed by atoms with Crippen molar-refractivity contribution < 1.29 is 0 Å². The second-order valence-corrected chi connectivity index (χ2v) is 5.12. The van der Waals surface area contributed by atoms with Crippen molar-refractivity contribution in [3.8, 4) is 0 Å². The van der Waals surface area contributed by atoms with Gasteiger partial charge in [0, 0.05) is 5.69 Å². The molecule has 0 aliphatic heterocycles. The first kappa shape index (κ1) is 11.3. The van der Waals surface area contributed by atoms with Crippen LogP contribution in [0.2, 0.25) is 0 Å². The quantitative estimate of drug-likeness (QED) is 0.810. The SMILES string of the molecule is CCCc1ccccc1Nc1n[nH]c(=S)s1. The van der Waals surface area contributed by atoms with Gasteiger partial charge in [0.2, 0.25) is 5.13 Å². The minimum atomic E-state index is 0.690. The van der Waals surface area contributed by atoms with E-state index < -0.39 is 0 Å². The molecule has 84 valence electrons. The lowest BCUT2D eigenvalue weighted by atomic mass is 10.1. The molecule has 0 amide bonds. The highest BCUT2D eigenvalue weighted by molar-refractivity contribution is 7.73. The first-order chi connectivity index (χ1) is 7.79. The molecule has 2 N–H and O–H groups in total. The second-order valence-electron chi connectivity index (χ2n) is 3.45. The molecular formula is C11H13N3S2. The first-order valence-corrected chi connectivity index (χ1v) is 6.42. The van der Waals surface area contributed by atoms with Crippen molar-refractivity contribution in [2.24, 2.45) is 0 Å². The van der Waals surface area contributed by atoms with E-state index in [-0.39, 0.29) is 0 Å². The smallest absolute Gasteiger partial charge is 0.208 e. The summed E-state index contributed by atoms with van der Waals surface area (Å²) in [7, 11) is 0. The molecule has 3 nitrogen and oxygen atoms in total. The fourth-order valence-corrected chi connectivity index (χ4v) is 2.33. The highest BCUT2D eigenvalue weighted by Gasteiger charge is 2.03. The van der Waals surface area contributed by atoms with Gasteiger partial charge in [0.25, 0.3) is 0 Å². The van der Waals surface area contributed by atoms with Crippen LogP contribution in [0.4, 0.5) is 10.8 Å². The number of aromatic nitrogens is 2. The number of anilines is 2. The molecule has 5 heteroatoms. The van der Waals surface area contributed by atoms with E-state index in [4.69, 9.17) is 12.2 Å². The van der Waals surface area contributed by atoms with Crippen LogP contribution in [-0.2, 0) is 6.42 Å². The summed E-state index contributed by atoms with van der Waals surface area (Å²) in [6, 6.07) is 8.28. The van der Waals surface area contributed by atoms with Crippen LogP contribution in [0.15, 0.2) is 24.3 Å². The number of hydrogen-bond acceptors (Lipinski definition) is 4. The Kier molecular flexibility index (Phi) is 3.69. The number of aromatic amines is 1. The van der Waals surface area contributed by atoms with Crippen molar-refractivity contribution in [1.82, 2.24) is 10.2 Å². The van der Waals surface area contributed by atoms with Gasteiger partial charge in [0.1, 0.15) is 0 Å². The zero-order valence-corrected chi connectivity index (χ0v) is 10.6. The molecule has 0 radical (unpaired) electrons. The lowest BCUT2D eigenvalue weighted by Crippen LogP contribution is -1.95. The third kappa shape index (κ3) is 2.68. The maximum atomic E-state index is 4.99. The van der Waals surface area contributed by atoms with E-state index in [2.05, 4.69) is 40.6 Å². The van der Waals surface area contributed by atoms with Crippen LogP contribution in [0, 0.1) is 3.95 Å². The Bertz CT molecular complexity index is 516. The monoisotopic (exact) mass is 251 g/mol. The summed E-state index contributed by atoms with van der Waals surface area (Å²) in [5.74, 6) is 0. The van der Waals surface area contributed by atoms with Crippen molar-refractivity contribution in [2.45, 2.75) is 19.8 Å². The number of para-hydroxylation sites is 1. The van der Waals surface area contributed by atoms with Crippen molar-refractivity contribution in [2.75, 3.05) is 5.32 Å². The summed E-state index contributed by atoms with van der Waals surface area (Å²) >= 11 is 6.44. The van der Waals surface area contributed by atoms with Crippen LogP contribution in [0.25, 0.3) is 0 Å². The van der Waals surface area contributed by atoms with Gasteiger partial charge in [0.15, 0.2) is 3.95 Å². The van der Waals surface area contributed by atoms with Crippen LogP contribution in [0.1, 0.15) is 18.9 Å². The van der Waals surface area contributed by atoms with Crippen molar-refractivity contribution in [3.63, 3.8) is 0 Å². The van der Waals surface area contributed by atoms with Crippen molar-refractivity contribution in [3.05, 3.63) is 33.8 Å². The molecule has 1 heterocycles. The molecule has 16 heavy (non-hydrogen) atoms. The third-order valence-corrected chi connectivity index (χ3v) is 3.22. The Morgan fingerprint density at radius 1 is 1.44 bits per heavy atom. The molecule has 0 saturated heterocycles. The van der Waals surface area contributed by atoms with E-state index in [0.29, 0.717) is 3.95 Å².